The lowest BCUT2D eigenvalue weighted by atomic mass is 9.84. The van der Waals surface area contributed by atoms with Crippen LogP contribution >= 0.6 is 23.2 Å². The summed E-state index contributed by atoms with van der Waals surface area (Å²) in [7, 11) is 0. The van der Waals surface area contributed by atoms with E-state index in [9.17, 15) is 9.90 Å². The number of amides is 1. The Balaban J connectivity index is 1.86. The van der Waals surface area contributed by atoms with Crippen molar-refractivity contribution in [2.75, 3.05) is 18.1 Å². The predicted molar refractivity (Wildman–Crippen MR) is 103 cm³/mol. The molecule has 1 saturated carbocycles. The number of aromatic nitrogens is 2. The standard InChI is InChI=1S/C19H21Cl2N3O2/c20-17-16(18(21)23-12-22-17)19(26)24(10-11-25)15-8-6-14(7-9-15)13-4-2-1-3-5-13/h6-9,12-13,25H,1-5,10-11H2. The fourth-order valence-corrected chi connectivity index (χ4v) is 3.94. The maximum absolute atomic E-state index is 12.9. The average molecular weight is 394 g/mol. The van der Waals surface area contributed by atoms with Crippen LogP contribution in [0.25, 0.3) is 0 Å². The van der Waals surface area contributed by atoms with Gasteiger partial charge in [0.15, 0.2) is 0 Å². The molecule has 0 spiro atoms. The van der Waals surface area contributed by atoms with Crippen LogP contribution < -0.4 is 4.90 Å². The molecular formula is C19H21Cl2N3O2. The van der Waals surface area contributed by atoms with Crippen molar-refractivity contribution >= 4 is 34.8 Å². The van der Waals surface area contributed by atoms with E-state index in [1.54, 1.807) is 0 Å². The third kappa shape index (κ3) is 4.17. The molecule has 1 N–H and O–H groups in total. The SMILES string of the molecule is O=C(c1c(Cl)ncnc1Cl)N(CCO)c1ccc(C2CCCCC2)cc1. The van der Waals surface area contributed by atoms with Crippen LogP contribution in [0.2, 0.25) is 10.3 Å². The van der Waals surface area contributed by atoms with E-state index in [1.165, 1.54) is 48.9 Å². The number of benzene rings is 1. The van der Waals surface area contributed by atoms with E-state index in [-0.39, 0.29) is 29.0 Å². The Bertz CT molecular complexity index is 742. The molecular weight excluding hydrogens is 373 g/mol. The zero-order chi connectivity index (χ0) is 18.5. The van der Waals surface area contributed by atoms with Gasteiger partial charge in [0.1, 0.15) is 22.2 Å². The van der Waals surface area contributed by atoms with E-state index in [2.05, 4.69) is 22.1 Å². The largest absolute Gasteiger partial charge is 0.395 e. The first kappa shape index (κ1) is 19.1. The maximum Gasteiger partial charge on any atom is 0.264 e. The summed E-state index contributed by atoms with van der Waals surface area (Å²) in [5.41, 5.74) is 2.02. The molecule has 1 heterocycles. The fourth-order valence-electron chi connectivity index (χ4n) is 3.47. The molecule has 138 valence electrons. The van der Waals surface area contributed by atoms with E-state index in [1.807, 2.05) is 12.1 Å². The van der Waals surface area contributed by atoms with Crippen LogP contribution in [0, 0.1) is 0 Å². The van der Waals surface area contributed by atoms with Gasteiger partial charge in [0.25, 0.3) is 5.91 Å². The Morgan fingerprint density at radius 1 is 1.08 bits per heavy atom. The van der Waals surface area contributed by atoms with Gasteiger partial charge in [0, 0.05) is 12.2 Å². The number of rotatable bonds is 5. The van der Waals surface area contributed by atoms with Crippen LogP contribution in [0.4, 0.5) is 5.69 Å². The fraction of sp³-hybridized carbons (Fsp3) is 0.421. The molecule has 3 rings (SSSR count). The second-order valence-electron chi connectivity index (χ2n) is 6.44. The van der Waals surface area contributed by atoms with Crippen molar-refractivity contribution in [3.63, 3.8) is 0 Å². The zero-order valence-electron chi connectivity index (χ0n) is 14.4. The van der Waals surface area contributed by atoms with E-state index >= 15 is 0 Å². The van der Waals surface area contributed by atoms with Gasteiger partial charge < -0.3 is 10.0 Å². The van der Waals surface area contributed by atoms with Gasteiger partial charge in [-0.1, -0.05) is 54.6 Å². The van der Waals surface area contributed by atoms with Gasteiger partial charge in [-0.2, -0.15) is 0 Å². The van der Waals surface area contributed by atoms with E-state index in [0.29, 0.717) is 11.6 Å². The molecule has 1 aromatic heterocycles. The van der Waals surface area contributed by atoms with E-state index < -0.39 is 5.91 Å². The second-order valence-corrected chi connectivity index (χ2v) is 7.15. The highest BCUT2D eigenvalue weighted by Crippen LogP contribution is 2.33. The molecule has 0 radical (unpaired) electrons. The van der Waals surface area contributed by atoms with Gasteiger partial charge in [-0.05, 0) is 36.5 Å². The Kier molecular flexibility index (Phi) is 6.46. The average Bonchev–Trinajstić information content (AvgIpc) is 2.67. The van der Waals surface area contributed by atoms with Gasteiger partial charge in [0.2, 0.25) is 0 Å². The monoisotopic (exact) mass is 393 g/mol. The minimum absolute atomic E-state index is 0.00299. The molecule has 5 nitrogen and oxygen atoms in total. The normalized spacial score (nSPS) is 15.0. The molecule has 0 aliphatic heterocycles. The summed E-state index contributed by atoms with van der Waals surface area (Å²) in [6.07, 6.45) is 7.49. The van der Waals surface area contributed by atoms with Crippen LogP contribution in [-0.2, 0) is 0 Å². The summed E-state index contributed by atoms with van der Waals surface area (Å²) in [6, 6.07) is 7.94. The quantitative estimate of drug-likeness (QED) is 0.760. The van der Waals surface area contributed by atoms with Crippen LogP contribution in [0.3, 0.4) is 0 Å². The highest BCUT2D eigenvalue weighted by Gasteiger charge is 2.24. The van der Waals surface area contributed by atoms with Gasteiger partial charge >= 0.3 is 0 Å². The third-order valence-corrected chi connectivity index (χ3v) is 5.39. The van der Waals surface area contributed by atoms with Crippen molar-refractivity contribution in [2.45, 2.75) is 38.0 Å². The van der Waals surface area contributed by atoms with Crippen molar-refractivity contribution in [3.8, 4) is 0 Å². The molecule has 0 saturated heterocycles. The number of carbonyl (C=O) groups is 1. The minimum Gasteiger partial charge on any atom is -0.395 e. The molecule has 26 heavy (non-hydrogen) atoms. The lowest BCUT2D eigenvalue weighted by Gasteiger charge is -2.25. The van der Waals surface area contributed by atoms with Crippen molar-refractivity contribution in [2.24, 2.45) is 0 Å². The Labute approximate surface area is 163 Å². The number of halogens is 2. The first-order chi connectivity index (χ1) is 12.6. The number of aliphatic hydroxyl groups excluding tert-OH is 1. The summed E-state index contributed by atoms with van der Waals surface area (Å²) in [5, 5.41) is 9.39. The Morgan fingerprint density at radius 2 is 1.69 bits per heavy atom. The number of hydrogen-bond donors (Lipinski definition) is 1. The highest BCUT2D eigenvalue weighted by atomic mass is 35.5. The molecule has 0 unspecified atom stereocenters. The van der Waals surface area contributed by atoms with Gasteiger partial charge in [0.05, 0.1) is 6.61 Å². The van der Waals surface area contributed by atoms with E-state index in [0.717, 1.165) is 0 Å². The Morgan fingerprint density at radius 3 is 2.27 bits per heavy atom. The molecule has 0 bridgehead atoms. The first-order valence-electron chi connectivity index (χ1n) is 8.80. The van der Waals surface area contributed by atoms with Crippen LogP contribution in [-0.4, -0.2) is 34.1 Å². The van der Waals surface area contributed by atoms with Gasteiger partial charge in [-0.15, -0.1) is 0 Å². The van der Waals surface area contributed by atoms with E-state index in [4.69, 9.17) is 23.2 Å². The van der Waals surface area contributed by atoms with Crippen molar-refractivity contribution in [1.29, 1.82) is 0 Å². The lowest BCUT2D eigenvalue weighted by molar-refractivity contribution is 0.0980. The summed E-state index contributed by atoms with van der Waals surface area (Å²) in [6.45, 7) is -0.0534. The van der Waals surface area contributed by atoms with Crippen LogP contribution in [0.15, 0.2) is 30.6 Å². The molecule has 2 aromatic rings. The van der Waals surface area contributed by atoms with Crippen molar-refractivity contribution in [1.82, 2.24) is 9.97 Å². The van der Waals surface area contributed by atoms with Crippen LogP contribution in [0.5, 0.6) is 0 Å². The second kappa shape index (κ2) is 8.80. The number of hydrogen-bond acceptors (Lipinski definition) is 4. The molecule has 1 aromatic carbocycles. The van der Waals surface area contributed by atoms with Gasteiger partial charge in [-0.25, -0.2) is 9.97 Å². The first-order valence-corrected chi connectivity index (χ1v) is 9.56. The molecule has 1 aliphatic carbocycles. The van der Waals surface area contributed by atoms with Gasteiger partial charge in [-0.3, -0.25) is 4.79 Å². The summed E-state index contributed by atoms with van der Waals surface area (Å²) in [4.78, 5) is 22.0. The van der Waals surface area contributed by atoms with Crippen LogP contribution in [0.1, 0.15) is 53.9 Å². The van der Waals surface area contributed by atoms with Crippen molar-refractivity contribution in [3.05, 3.63) is 52.0 Å². The van der Waals surface area contributed by atoms with Crippen molar-refractivity contribution < 1.29 is 9.90 Å². The topological polar surface area (TPSA) is 66.3 Å². The third-order valence-electron chi connectivity index (χ3n) is 4.82. The number of nitrogens with zero attached hydrogens (tertiary/aromatic N) is 3. The lowest BCUT2D eigenvalue weighted by Crippen LogP contribution is -2.34. The Hall–Kier alpha value is -1.69. The minimum atomic E-state index is -0.430. The zero-order valence-corrected chi connectivity index (χ0v) is 15.9. The maximum atomic E-state index is 12.9. The summed E-state index contributed by atoms with van der Waals surface area (Å²) >= 11 is 12.1. The number of carbonyl (C=O) groups excluding carboxylic acids is 1. The highest BCUT2D eigenvalue weighted by molar-refractivity contribution is 6.39. The number of aliphatic hydroxyl groups is 1. The summed E-state index contributed by atoms with van der Waals surface area (Å²) in [5.74, 6) is 0.159. The summed E-state index contributed by atoms with van der Waals surface area (Å²) < 4.78 is 0. The number of anilines is 1. The molecule has 1 amide bonds. The smallest absolute Gasteiger partial charge is 0.264 e. The molecule has 1 fully saturated rings. The molecule has 1 aliphatic rings. The molecule has 7 heteroatoms. The predicted octanol–water partition coefficient (Wildman–Crippen LogP) is 4.47. The molecule has 0 atom stereocenters.